The zero-order chi connectivity index (χ0) is 20.5. The predicted molar refractivity (Wildman–Crippen MR) is 101 cm³/mol. The molecule has 28 heavy (non-hydrogen) atoms. The van der Waals surface area contributed by atoms with E-state index < -0.39 is 41.8 Å². The number of aliphatic hydroxyl groups excluding tert-OH is 1. The number of rotatable bonds is 9. The van der Waals surface area contributed by atoms with Crippen LogP contribution in [-0.2, 0) is 25.5 Å². The number of unbranched alkanes of at least 4 members (excludes halogenated alkanes) is 2. The van der Waals surface area contributed by atoms with Crippen LogP contribution in [0.15, 0.2) is 42.2 Å². The Bertz CT molecular complexity index is 719. The Labute approximate surface area is 163 Å². The maximum atomic E-state index is 12.4. The summed E-state index contributed by atoms with van der Waals surface area (Å²) in [5.74, 6) is -2.94. The molecule has 1 aliphatic heterocycles. The molecule has 0 aromatic heterocycles. The molecule has 152 valence electrons. The third-order valence-corrected chi connectivity index (χ3v) is 4.39. The topological polar surface area (TPSA) is 125 Å². The number of aliphatic carboxylic acids is 1. The van der Waals surface area contributed by atoms with Crippen LogP contribution in [0.25, 0.3) is 0 Å². The molecule has 8 nitrogen and oxygen atoms in total. The Balaban J connectivity index is 1.81. The lowest BCUT2D eigenvalue weighted by Crippen LogP contribution is -2.58. The quantitative estimate of drug-likeness (QED) is 0.461. The summed E-state index contributed by atoms with van der Waals surface area (Å²) in [5, 5.41) is 24.3. The highest BCUT2D eigenvalue weighted by atomic mass is 16.5. The van der Waals surface area contributed by atoms with Gasteiger partial charge in [0.25, 0.3) is 5.91 Å². The van der Waals surface area contributed by atoms with Gasteiger partial charge in [0.2, 0.25) is 11.7 Å². The van der Waals surface area contributed by atoms with Crippen LogP contribution in [0.2, 0.25) is 0 Å². The summed E-state index contributed by atoms with van der Waals surface area (Å²) in [4.78, 5) is 34.9. The van der Waals surface area contributed by atoms with Gasteiger partial charge in [-0.2, -0.15) is 0 Å². The van der Waals surface area contributed by atoms with E-state index in [1.54, 1.807) is 0 Å². The molecule has 1 heterocycles. The molecule has 0 saturated heterocycles. The van der Waals surface area contributed by atoms with Crippen LogP contribution in [-0.4, -0.2) is 52.8 Å². The van der Waals surface area contributed by atoms with Crippen LogP contribution in [0, 0.1) is 0 Å². The Morgan fingerprint density at radius 2 is 1.82 bits per heavy atom. The molecule has 0 unspecified atom stereocenters. The van der Waals surface area contributed by atoms with Gasteiger partial charge < -0.3 is 25.6 Å². The Morgan fingerprint density at radius 1 is 1.11 bits per heavy atom. The molecule has 1 aliphatic rings. The molecule has 1 aromatic rings. The van der Waals surface area contributed by atoms with E-state index in [0.29, 0.717) is 6.54 Å². The molecule has 0 radical (unpaired) electrons. The average Bonchev–Trinajstić information content (AvgIpc) is 2.66. The number of carbonyl (C=O) groups excluding carboxylic acids is 2. The zero-order valence-corrected chi connectivity index (χ0v) is 15.8. The van der Waals surface area contributed by atoms with Gasteiger partial charge in [0.1, 0.15) is 12.1 Å². The number of aryl methyl sites for hydroxylation is 1. The summed E-state index contributed by atoms with van der Waals surface area (Å²) in [6, 6.07) is 9.06. The van der Waals surface area contributed by atoms with E-state index in [1.165, 1.54) is 12.5 Å². The molecule has 0 bridgehead atoms. The van der Waals surface area contributed by atoms with Crippen LogP contribution in [0.4, 0.5) is 0 Å². The highest BCUT2D eigenvalue weighted by Crippen LogP contribution is 2.19. The molecular weight excluding hydrogens is 364 g/mol. The Hall–Kier alpha value is -2.87. The molecule has 0 spiro atoms. The fraction of sp³-hybridized carbons (Fsp3) is 0.450. The molecule has 0 saturated carbocycles. The third kappa shape index (κ3) is 6.38. The smallest absolute Gasteiger partial charge is 0.370 e. The number of carbonyl (C=O) groups is 3. The van der Waals surface area contributed by atoms with Gasteiger partial charge in [0, 0.05) is 13.5 Å². The summed E-state index contributed by atoms with van der Waals surface area (Å²) in [7, 11) is 0. The van der Waals surface area contributed by atoms with Crippen LogP contribution in [0.1, 0.15) is 31.7 Å². The predicted octanol–water partition coefficient (Wildman–Crippen LogP) is 0.749. The molecule has 8 heteroatoms. The lowest BCUT2D eigenvalue weighted by Gasteiger charge is -2.33. The molecule has 0 aliphatic carbocycles. The summed E-state index contributed by atoms with van der Waals surface area (Å²) in [6.07, 6.45) is 1.92. The van der Waals surface area contributed by atoms with Crippen molar-refractivity contribution >= 4 is 17.8 Å². The molecule has 1 aromatic carbocycles. The maximum absolute atomic E-state index is 12.4. The van der Waals surface area contributed by atoms with Gasteiger partial charge >= 0.3 is 5.97 Å². The van der Waals surface area contributed by atoms with Crippen LogP contribution in [0.5, 0.6) is 0 Å². The van der Waals surface area contributed by atoms with E-state index in [-0.39, 0.29) is 0 Å². The standard InChI is InChI=1S/C20H26N2O6/c1-13(23)22-17-15(24)12-16(20(26)27)28-18(17)19(25)21-11-7-3-6-10-14-8-4-2-5-9-14/h2,4-5,8-9,12,15,17-18,24H,3,6-7,10-11H2,1H3,(H,21,25)(H,22,23)(H,26,27)/t15-,17+,18+/m0/s1. The fourth-order valence-corrected chi connectivity index (χ4v) is 3.01. The van der Waals surface area contributed by atoms with Crippen molar-refractivity contribution in [2.45, 2.75) is 50.9 Å². The minimum absolute atomic E-state index is 0.391. The number of benzene rings is 1. The number of aliphatic hydroxyl groups is 1. The second-order valence-corrected chi connectivity index (χ2v) is 6.68. The van der Waals surface area contributed by atoms with E-state index in [9.17, 15) is 19.5 Å². The first-order valence-corrected chi connectivity index (χ1v) is 9.27. The molecule has 0 fully saturated rings. The molecule has 2 amide bonds. The van der Waals surface area contributed by atoms with Crippen molar-refractivity contribution in [2.75, 3.05) is 6.54 Å². The van der Waals surface area contributed by atoms with Gasteiger partial charge in [0.05, 0.1) is 0 Å². The van der Waals surface area contributed by atoms with Gasteiger partial charge in [-0.05, 0) is 30.9 Å². The zero-order valence-electron chi connectivity index (χ0n) is 15.8. The summed E-state index contributed by atoms with van der Waals surface area (Å²) < 4.78 is 5.20. The van der Waals surface area contributed by atoms with Crippen molar-refractivity contribution < 1.29 is 29.3 Å². The van der Waals surface area contributed by atoms with Gasteiger partial charge in [0.15, 0.2) is 6.10 Å². The minimum Gasteiger partial charge on any atom is -0.475 e. The number of ether oxygens (including phenoxy) is 1. The summed E-state index contributed by atoms with van der Waals surface area (Å²) >= 11 is 0. The minimum atomic E-state index is -1.39. The third-order valence-electron chi connectivity index (χ3n) is 4.39. The van der Waals surface area contributed by atoms with E-state index >= 15 is 0 Å². The van der Waals surface area contributed by atoms with E-state index in [4.69, 9.17) is 9.84 Å². The first kappa shape index (κ1) is 21.4. The van der Waals surface area contributed by atoms with Crippen molar-refractivity contribution in [2.24, 2.45) is 0 Å². The lowest BCUT2D eigenvalue weighted by atomic mass is 9.99. The normalized spacial score (nSPS) is 21.2. The summed E-state index contributed by atoms with van der Waals surface area (Å²) in [5.41, 5.74) is 1.27. The number of carboxylic acids is 1. The Morgan fingerprint density at radius 3 is 2.46 bits per heavy atom. The number of carboxylic acid groups (broad SMARTS) is 1. The SMILES string of the molecule is CC(=O)N[C@@H]1[C@@H](O)C=C(C(=O)O)O[C@H]1C(=O)NCCCCCc1ccccc1. The van der Waals surface area contributed by atoms with Crippen molar-refractivity contribution in [1.82, 2.24) is 10.6 Å². The second kappa shape index (κ2) is 10.5. The van der Waals surface area contributed by atoms with Gasteiger partial charge in [-0.15, -0.1) is 0 Å². The lowest BCUT2D eigenvalue weighted by molar-refractivity contribution is -0.145. The van der Waals surface area contributed by atoms with Crippen molar-refractivity contribution in [3.63, 3.8) is 0 Å². The average molecular weight is 390 g/mol. The van der Waals surface area contributed by atoms with Gasteiger partial charge in [-0.3, -0.25) is 9.59 Å². The number of hydrogen-bond donors (Lipinski definition) is 4. The second-order valence-electron chi connectivity index (χ2n) is 6.68. The van der Waals surface area contributed by atoms with Crippen molar-refractivity contribution in [3.8, 4) is 0 Å². The number of amides is 2. The molecule has 4 N–H and O–H groups in total. The van der Waals surface area contributed by atoms with Gasteiger partial charge in [-0.25, -0.2) is 4.79 Å². The first-order chi connectivity index (χ1) is 13.4. The molecular formula is C20H26N2O6. The van der Waals surface area contributed by atoms with E-state index in [0.717, 1.165) is 31.8 Å². The largest absolute Gasteiger partial charge is 0.475 e. The van der Waals surface area contributed by atoms with Crippen LogP contribution in [0.3, 0.4) is 0 Å². The van der Waals surface area contributed by atoms with E-state index in [1.807, 2.05) is 18.2 Å². The highest BCUT2D eigenvalue weighted by molar-refractivity contribution is 5.88. The Kier molecular flexibility index (Phi) is 8.01. The first-order valence-electron chi connectivity index (χ1n) is 9.27. The van der Waals surface area contributed by atoms with Gasteiger partial charge in [-0.1, -0.05) is 36.8 Å². The fourth-order valence-electron chi connectivity index (χ4n) is 3.01. The number of nitrogens with one attached hydrogen (secondary N) is 2. The van der Waals surface area contributed by atoms with Crippen LogP contribution >= 0.6 is 0 Å². The summed E-state index contributed by atoms with van der Waals surface area (Å²) in [6.45, 7) is 1.63. The van der Waals surface area contributed by atoms with Crippen molar-refractivity contribution in [1.29, 1.82) is 0 Å². The van der Waals surface area contributed by atoms with Crippen molar-refractivity contribution in [3.05, 3.63) is 47.7 Å². The monoisotopic (exact) mass is 390 g/mol. The molecule has 2 rings (SSSR count). The maximum Gasteiger partial charge on any atom is 0.370 e. The number of hydrogen-bond acceptors (Lipinski definition) is 5. The van der Waals surface area contributed by atoms with E-state index in [2.05, 4.69) is 22.8 Å². The van der Waals surface area contributed by atoms with Crippen LogP contribution < -0.4 is 10.6 Å². The highest BCUT2D eigenvalue weighted by Gasteiger charge is 2.40. The molecule has 3 atom stereocenters.